The maximum atomic E-state index is 14.8. The van der Waals surface area contributed by atoms with Gasteiger partial charge in [-0.1, -0.05) is 41.9 Å². The summed E-state index contributed by atoms with van der Waals surface area (Å²) in [5.41, 5.74) is 2.10. The van der Waals surface area contributed by atoms with Crippen molar-refractivity contribution in [1.29, 1.82) is 0 Å². The Bertz CT molecular complexity index is 984. The summed E-state index contributed by atoms with van der Waals surface area (Å²) >= 11 is 6.28. The van der Waals surface area contributed by atoms with E-state index in [1.807, 2.05) is 36.2 Å². The Morgan fingerprint density at radius 3 is 2.55 bits per heavy atom. The summed E-state index contributed by atoms with van der Waals surface area (Å²) in [4.78, 5) is 8.55. The molecule has 1 fully saturated rings. The van der Waals surface area contributed by atoms with E-state index in [0.29, 0.717) is 30.2 Å². The van der Waals surface area contributed by atoms with Crippen LogP contribution >= 0.6 is 11.6 Å². The maximum Gasteiger partial charge on any atom is 0.146 e. The molecule has 1 aliphatic rings. The highest BCUT2D eigenvalue weighted by atomic mass is 35.5. The van der Waals surface area contributed by atoms with Gasteiger partial charge in [-0.3, -0.25) is 4.90 Å². The van der Waals surface area contributed by atoms with Crippen molar-refractivity contribution >= 4 is 17.3 Å². The van der Waals surface area contributed by atoms with Gasteiger partial charge in [-0.15, -0.1) is 0 Å². The molecule has 4 rings (SSSR count). The van der Waals surface area contributed by atoms with E-state index in [1.165, 1.54) is 6.07 Å². The van der Waals surface area contributed by atoms with E-state index >= 15 is 0 Å². The lowest BCUT2D eigenvalue weighted by Gasteiger charge is -2.37. The number of halogens is 2. The summed E-state index contributed by atoms with van der Waals surface area (Å²) < 4.78 is 16.6. The van der Waals surface area contributed by atoms with E-state index in [0.717, 1.165) is 30.2 Å². The van der Waals surface area contributed by atoms with Crippen LogP contribution in [0.3, 0.4) is 0 Å². The molecule has 0 amide bonds. The molecule has 1 N–H and O–H groups in total. The Kier molecular flexibility index (Phi) is 5.85. The van der Waals surface area contributed by atoms with Crippen LogP contribution in [-0.4, -0.2) is 45.7 Å². The van der Waals surface area contributed by atoms with E-state index in [1.54, 1.807) is 29.1 Å². The topological polar surface area (TPSA) is 44.5 Å². The fraction of sp³-hybridized carbons (Fsp3) is 0.318. The van der Waals surface area contributed by atoms with Gasteiger partial charge in [0.2, 0.25) is 0 Å². The molecule has 0 aliphatic carbocycles. The highest BCUT2D eigenvalue weighted by molar-refractivity contribution is 6.31. The second kappa shape index (κ2) is 8.53. The number of piperazine rings is 1. The highest BCUT2D eigenvalue weighted by Gasteiger charge is 2.26. The first-order valence-corrected chi connectivity index (χ1v) is 10.1. The van der Waals surface area contributed by atoms with Crippen LogP contribution in [0.2, 0.25) is 5.02 Å². The Morgan fingerprint density at radius 1 is 1.10 bits per heavy atom. The van der Waals surface area contributed by atoms with Crippen molar-refractivity contribution in [2.45, 2.75) is 12.6 Å². The van der Waals surface area contributed by atoms with Crippen LogP contribution in [0.1, 0.15) is 23.1 Å². The minimum absolute atomic E-state index is 0.324. The van der Waals surface area contributed by atoms with Crippen molar-refractivity contribution in [2.75, 3.05) is 31.1 Å². The lowest BCUT2D eigenvalue weighted by atomic mass is 10.0. The summed E-state index contributed by atoms with van der Waals surface area (Å²) in [6, 6.07) is 12.7. The quantitative estimate of drug-likeness (QED) is 0.692. The number of rotatable bonds is 5. The van der Waals surface area contributed by atoms with E-state index < -0.39 is 6.10 Å². The number of aryl methyl sites for hydroxylation is 1. The molecular formula is C22H24ClFN4O. The zero-order valence-electron chi connectivity index (χ0n) is 16.3. The molecule has 0 bridgehead atoms. The van der Waals surface area contributed by atoms with Crippen molar-refractivity contribution in [1.82, 2.24) is 14.5 Å². The zero-order valence-corrected chi connectivity index (χ0v) is 17.1. The summed E-state index contributed by atoms with van der Waals surface area (Å²) in [5.74, 6) is 0.171. The number of para-hydroxylation sites is 1. The van der Waals surface area contributed by atoms with Crippen LogP contribution < -0.4 is 4.90 Å². The predicted octanol–water partition coefficient (Wildman–Crippen LogP) is 3.62. The molecule has 2 aromatic carbocycles. The van der Waals surface area contributed by atoms with E-state index in [-0.39, 0.29) is 5.82 Å². The van der Waals surface area contributed by atoms with Gasteiger partial charge in [0.15, 0.2) is 0 Å². The number of benzene rings is 2. The molecule has 1 unspecified atom stereocenters. The molecule has 1 aliphatic heterocycles. The van der Waals surface area contributed by atoms with Crippen LogP contribution in [-0.2, 0) is 13.6 Å². The number of nitrogens with zero attached hydrogens (tertiary/aromatic N) is 4. The molecule has 1 aromatic heterocycles. The van der Waals surface area contributed by atoms with Crippen molar-refractivity contribution in [2.24, 2.45) is 7.05 Å². The Morgan fingerprint density at radius 2 is 1.86 bits per heavy atom. The Balaban J connectivity index is 1.51. The average molecular weight is 415 g/mol. The fourth-order valence-electron chi connectivity index (χ4n) is 3.86. The van der Waals surface area contributed by atoms with E-state index in [4.69, 9.17) is 11.6 Å². The van der Waals surface area contributed by atoms with Gasteiger partial charge >= 0.3 is 0 Å². The minimum atomic E-state index is -0.984. The maximum absolute atomic E-state index is 14.8. The molecule has 0 radical (unpaired) electrons. The number of aliphatic hydroxyl groups is 1. The monoisotopic (exact) mass is 414 g/mol. The van der Waals surface area contributed by atoms with Crippen molar-refractivity contribution < 1.29 is 9.50 Å². The van der Waals surface area contributed by atoms with Crippen LogP contribution in [0.4, 0.5) is 10.1 Å². The summed E-state index contributed by atoms with van der Waals surface area (Å²) in [6.07, 6.45) is 2.41. The summed E-state index contributed by atoms with van der Waals surface area (Å²) in [7, 11) is 1.82. The first kappa shape index (κ1) is 19.9. The van der Waals surface area contributed by atoms with Crippen molar-refractivity contribution in [3.63, 3.8) is 0 Å². The van der Waals surface area contributed by atoms with E-state index in [2.05, 4.69) is 9.88 Å². The Labute approximate surface area is 175 Å². The van der Waals surface area contributed by atoms with Crippen LogP contribution in [0.5, 0.6) is 0 Å². The molecule has 5 nitrogen and oxygen atoms in total. The Hall–Kier alpha value is -2.41. The SMILES string of the molecule is Cn1ccnc1C(O)c1cccc(F)c1N1CCN(Cc2ccccc2Cl)CC1. The molecule has 152 valence electrons. The van der Waals surface area contributed by atoms with Crippen LogP contribution in [0.25, 0.3) is 0 Å². The summed E-state index contributed by atoms with van der Waals surface area (Å²) in [5, 5.41) is 11.6. The third kappa shape index (κ3) is 4.15. The molecular weight excluding hydrogens is 391 g/mol. The molecule has 2 heterocycles. The largest absolute Gasteiger partial charge is 0.380 e. The molecule has 29 heavy (non-hydrogen) atoms. The van der Waals surface area contributed by atoms with Gasteiger partial charge < -0.3 is 14.6 Å². The second-order valence-corrected chi connectivity index (χ2v) is 7.74. The lowest BCUT2D eigenvalue weighted by molar-refractivity contribution is 0.205. The molecule has 7 heteroatoms. The number of hydrogen-bond acceptors (Lipinski definition) is 4. The number of aromatic nitrogens is 2. The molecule has 0 saturated carbocycles. The third-order valence-corrected chi connectivity index (χ3v) is 5.82. The number of hydrogen-bond donors (Lipinski definition) is 1. The van der Waals surface area contributed by atoms with Crippen LogP contribution in [0, 0.1) is 5.82 Å². The standard InChI is InChI=1S/C22H24ClFN4O/c1-26-10-9-25-22(26)21(29)17-6-4-8-19(24)20(17)28-13-11-27(12-14-28)15-16-5-2-3-7-18(16)23/h2-10,21,29H,11-15H2,1H3. The van der Waals surface area contributed by atoms with Crippen molar-refractivity contribution in [3.8, 4) is 0 Å². The fourth-order valence-corrected chi connectivity index (χ4v) is 4.06. The van der Waals surface area contributed by atoms with E-state index in [9.17, 15) is 9.50 Å². The average Bonchev–Trinajstić information content (AvgIpc) is 3.16. The third-order valence-electron chi connectivity index (χ3n) is 5.46. The highest BCUT2D eigenvalue weighted by Crippen LogP contribution is 2.33. The van der Waals surface area contributed by atoms with Gasteiger partial charge in [0, 0.05) is 62.8 Å². The lowest BCUT2D eigenvalue weighted by Crippen LogP contribution is -2.46. The smallest absolute Gasteiger partial charge is 0.146 e. The first-order valence-electron chi connectivity index (χ1n) is 9.69. The zero-order chi connectivity index (χ0) is 20.4. The van der Waals surface area contributed by atoms with Crippen molar-refractivity contribution in [3.05, 3.63) is 82.6 Å². The van der Waals surface area contributed by atoms with Gasteiger partial charge in [-0.25, -0.2) is 9.37 Å². The van der Waals surface area contributed by atoms with Gasteiger partial charge in [0.05, 0.1) is 5.69 Å². The van der Waals surface area contributed by atoms with Gasteiger partial charge in [-0.05, 0) is 17.7 Å². The number of imidazole rings is 1. The summed E-state index contributed by atoms with van der Waals surface area (Å²) in [6.45, 7) is 3.69. The van der Waals surface area contributed by atoms with Crippen LogP contribution in [0.15, 0.2) is 54.9 Å². The molecule has 1 atom stereocenters. The molecule has 1 saturated heterocycles. The second-order valence-electron chi connectivity index (χ2n) is 7.33. The van der Waals surface area contributed by atoms with Gasteiger partial charge in [0.1, 0.15) is 17.7 Å². The molecule has 0 spiro atoms. The normalized spacial score (nSPS) is 16.2. The first-order chi connectivity index (χ1) is 14.0. The van der Waals surface area contributed by atoms with Gasteiger partial charge in [-0.2, -0.15) is 0 Å². The van der Waals surface area contributed by atoms with Gasteiger partial charge in [0.25, 0.3) is 0 Å². The number of aliphatic hydroxyl groups excluding tert-OH is 1. The molecule has 3 aromatic rings. The minimum Gasteiger partial charge on any atom is -0.380 e. The number of anilines is 1. The predicted molar refractivity (Wildman–Crippen MR) is 113 cm³/mol.